The van der Waals surface area contributed by atoms with Gasteiger partial charge in [-0.05, 0) is 59.5 Å². The number of hydrogen-bond acceptors (Lipinski definition) is 6. The molecule has 0 saturated heterocycles. The number of amides is 1. The van der Waals surface area contributed by atoms with E-state index >= 15 is 0 Å². The first-order valence-electron chi connectivity index (χ1n) is 10.7. The molecule has 0 radical (unpaired) electrons. The van der Waals surface area contributed by atoms with E-state index in [1.54, 1.807) is 9.58 Å². The number of aliphatic hydroxyl groups excluding tert-OH is 1. The Bertz CT molecular complexity index is 1090. The Kier molecular flexibility index (Phi) is 6.47. The van der Waals surface area contributed by atoms with Gasteiger partial charge in [-0.25, -0.2) is 4.68 Å². The maximum absolute atomic E-state index is 13.5. The lowest BCUT2D eigenvalue weighted by Crippen LogP contribution is -2.47. The molecular weight excluding hydrogens is 404 g/mol. The van der Waals surface area contributed by atoms with Crippen LogP contribution in [0, 0.1) is 19.3 Å². The molecule has 1 aliphatic carbocycles. The SMILES string of the molecule is C#CC(O)N(c1ccc(-n2cnnn2)c(C)c1)C(C(=O)NC1CCCC1)c1ccccc1. The third-order valence-corrected chi connectivity index (χ3v) is 5.83. The quantitative estimate of drug-likeness (QED) is 0.442. The molecule has 8 heteroatoms. The molecule has 8 nitrogen and oxygen atoms in total. The number of aromatic nitrogens is 4. The summed E-state index contributed by atoms with van der Waals surface area (Å²) in [5, 5.41) is 25.3. The van der Waals surface area contributed by atoms with Crippen molar-refractivity contribution in [3.63, 3.8) is 0 Å². The van der Waals surface area contributed by atoms with Crippen molar-refractivity contribution in [2.24, 2.45) is 0 Å². The van der Waals surface area contributed by atoms with Crippen molar-refractivity contribution in [2.45, 2.75) is 50.9 Å². The lowest BCUT2D eigenvalue weighted by molar-refractivity contribution is -0.123. The fourth-order valence-corrected chi connectivity index (χ4v) is 4.26. The van der Waals surface area contributed by atoms with Crippen LogP contribution in [0.5, 0.6) is 0 Å². The normalized spacial score (nSPS) is 15.7. The van der Waals surface area contributed by atoms with Gasteiger partial charge < -0.3 is 15.3 Å². The summed E-state index contributed by atoms with van der Waals surface area (Å²) in [6.45, 7) is 1.91. The Balaban J connectivity index is 1.75. The summed E-state index contributed by atoms with van der Waals surface area (Å²) in [6.07, 6.45) is 9.98. The highest BCUT2D eigenvalue weighted by Crippen LogP contribution is 2.32. The number of terminal acetylenes is 1. The van der Waals surface area contributed by atoms with Crippen LogP contribution in [0.3, 0.4) is 0 Å². The zero-order chi connectivity index (χ0) is 22.5. The fourth-order valence-electron chi connectivity index (χ4n) is 4.26. The largest absolute Gasteiger partial charge is 0.363 e. The number of anilines is 1. The molecule has 164 valence electrons. The van der Waals surface area contributed by atoms with Crippen LogP contribution in [0.15, 0.2) is 54.9 Å². The summed E-state index contributed by atoms with van der Waals surface area (Å²) in [5.74, 6) is 2.21. The number of carbonyl (C=O) groups excluding carboxylic acids is 1. The van der Waals surface area contributed by atoms with Crippen LogP contribution in [-0.2, 0) is 4.79 Å². The molecule has 1 fully saturated rings. The van der Waals surface area contributed by atoms with Gasteiger partial charge in [0.05, 0.1) is 5.69 Å². The predicted octanol–water partition coefficient (Wildman–Crippen LogP) is 2.53. The Morgan fingerprint density at radius 3 is 2.62 bits per heavy atom. The van der Waals surface area contributed by atoms with Gasteiger partial charge in [-0.3, -0.25) is 4.79 Å². The van der Waals surface area contributed by atoms with E-state index in [4.69, 9.17) is 6.42 Å². The number of nitrogens with zero attached hydrogens (tertiary/aromatic N) is 5. The number of aryl methyl sites for hydroxylation is 1. The smallest absolute Gasteiger partial charge is 0.247 e. The summed E-state index contributed by atoms with van der Waals surface area (Å²) >= 11 is 0. The first kappa shape index (κ1) is 21.5. The van der Waals surface area contributed by atoms with Gasteiger partial charge in [0.2, 0.25) is 5.91 Å². The van der Waals surface area contributed by atoms with Gasteiger partial charge in [0.25, 0.3) is 0 Å². The van der Waals surface area contributed by atoms with Crippen molar-refractivity contribution in [2.75, 3.05) is 4.90 Å². The van der Waals surface area contributed by atoms with Crippen LogP contribution >= 0.6 is 0 Å². The molecule has 2 unspecified atom stereocenters. The summed E-state index contributed by atoms with van der Waals surface area (Å²) in [5.41, 5.74) is 3.03. The van der Waals surface area contributed by atoms with Crippen molar-refractivity contribution in [1.29, 1.82) is 0 Å². The Hall–Kier alpha value is -3.70. The van der Waals surface area contributed by atoms with E-state index in [0.717, 1.165) is 42.5 Å². The summed E-state index contributed by atoms with van der Waals surface area (Å²) < 4.78 is 1.56. The van der Waals surface area contributed by atoms with Crippen molar-refractivity contribution >= 4 is 11.6 Å². The molecule has 1 heterocycles. The first-order valence-corrected chi connectivity index (χ1v) is 10.7. The number of carbonyl (C=O) groups is 1. The molecule has 1 saturated carbocycles. The first-order chi connectivity index (χ1) is 15.6. The molecule has 0 spiro atoms. The number of aliphatic hydroxyl groups is 1. The Labute approximate surface area is 187 Å². The number of rotatable bonds is 7. The van der Waals surface area contributed by atoms with Crippen molar-refractivity contribution in [3.8, 4) is 18.0 Å². The molecule has 0 aliphatic heterocycles. The predicted molar refractivity (Wildman–Crippen MR) is 121 cm³/mol. The standard InChI is InChI=1S/C24H26N6O2/c1-3-22(31)30(20-13-14-21(17(2)15-20)29-16-25-27-28-29)23(18-9-5-4-6-10-18)24(32)26-19-11-7-8-12-19/h1,4-6,9-10,13-16,19,22-23,31H,7-8,11-12H2,2H3,(H,26,32). The average Bonchev–Trinajstić information content (AvgIpc) is 3.52. The topological polar surface area (TPSA) is 96.2 Å². The highest BCUT2D eigenvalue weighted by Gasteiger charge is 2.33. The number of hydrogen-bond donors (Lipinski definition) is 2. The van der Waals surface area contributed by atoms with Gasteiger partial charge in [0, 0.05) is 11.7 Å². The zero-order valence-corrected chi connectivity index (χ0v) is 17.9. The highest BCUT2D eigenvalue weighted by molar-refractivity contribution is 5.87. The molecule has 32 heavy (non-hydrogen) atoms. The van der Waals surface area contributed by atoms with Crippen LogP contribution < -0.4 is 10.2 Å². The molecule has 2 atom stereocenters. The number of benzene rings is 2. The van der Waals surface area contributed by atoms with Gasteiger partial charge in [-0.15, -0.1) is 11.5 Å². The van der Waals surface area contributed by atoms with Gasteiger partial charge >= 0.3 is 0 Å². The molecule has 1 amide bonds. The molecular formula is C24H26N6O2. The Morgan fingerprint density at radius 1 is 1.25 bits per heavy atom. The third kappa shape index (κ3) is 4.48. The molecule has 2 aromatic carbocycles. The van der Waals surface area contributed by atoms with Gasteiger partial charge in [0.15, 0.2) is 6.23 Å². The van der Waals surface area contributed by atoms with Crippen molar-refractivity contribution in [1.82, 2.24) is 25.5 Å². The minimum absolute atomic E-state index is 0.141. The second-order valence-corrected chi connectivity index (χ2v) is 7.98. The fraction of sp³-hybridized carbons (Fsp3) is 0.333. The van der Waals surface area contributed by atoms with Crippen LogP contribution in [-0.4, -0.2) is 43.5 Å². The van der Waals surface area contributed by atoms with E-state index in [1.807, 2.05) is 55.5 Å². The number of nitrogens with one attached hydrogen (secondary N) is 1. The van der Waals surface area contributed by atoms with E-state index in [1.165, 1.54) is 6.33 Å². The maximum atomic E-state index is 13.5. The van der Waals surface area contributed by atoms with Gasteiger partial charge in [-0.2, -0.15) is 0 Å². The maximum Gasteiger partial charge on any atom is 0.247 e. The lowest BCUT2D eigenvalue weighted by Gasteiger charge is -2.35. The number of tetrazole rings is 1. The molecule has 4 rings (SSSR count). The van der Waals surface area contributed by atoms with Crippen LogP contribution in [0.1, 0.15) is 42.9 Å². The highest BCUT2D eigenvalue weighted by atomic mass is 16.3. The molecule has 1 aromatic heterocycles. The second kappa shape index (κ2) is 9.62. The van der Waals surface area contributed by atoms with Crippen molar-refractivity contribution < 1.29 is 9.90 Å². The summed E-state index contributed by atoms with van der Waals surface area (Å²) in [4.78, 5) is 15.1. The molecule has 0 bridgehead atoms. The Morgan fingerprint density at radius 2 is 2.00 bits per heavy atom. The van der Waals surface area contributed by atoms with Gasteiger partial charge in [-0.1, -0.05) is 49.1 Å². The zero-order valence-electron chi connectivity index (χ0n) is 17.9. The van der Waals surface area contributed by atoms with E-state index < -0.39 is 12.3 Å². The summed E-state index contributed by atoms with van der Waals surface area (Å²) in [6, 6.07) is 14.3. The third-order valence-electron chi connectivity index (χ3n) is 5.83. The second-order valence-electron chi connectivity index (χ2n) is 7.98. The van der Waals surface area contributed by atoms with Crippen LogP contribution in [0.2, 0.25) is 0 Å². The minimum atomic E-state index is -1.30. The summed E-state index contributed by atoms with van der Waals surface area (Å²) in [7, 11) is 0. The van der Waals surface area contributed by atoms with E-state index in [0.29, 0.717) is 5.69 Å². The molecule has 3 aromatic rings. The lowest BCUT2D eigenvalue weighted by atomic mass is 10.0. The van der Waals surface area contributed by atoms with Crippen molar-refractivity contribution in [3.05, 3.63) is 66.0 Å². The molecule has 2 N–H and O–H groups in total. The van der Waals surface area contributed by atoms with E-state index in [-0.39, 0.29) is 11.9 Å². The van der Waals surface area contributed by atoms with E-state index in [2.05, 4.69) is 26.8 Å². The monoisotopic (exact) mass is 430 g/mol. The van der Waals surface area contributed by atoms with Crippen LogP contribution in [0.25, 0.3) is 5.69 Å². The average molecular weight is 431 g/mol. The van der Waals surface area contributed by atoms with Crippen LogP contribution in [0.4, 0.5) is 5.69 Å². The van der Waals surface area contributed by atoms with E-state index in [9.17, 15) is 9.90 Å². The van der Waals surface area contributed by atoms with Gasteiger partial charge in [0.1, 0.15) is 12.4 Å². The minimum Gasteiger partial charge on any atom is -0.363 e. The molecule has 1 aliphatic rings.